The van der Waals surface area contributed by atoms with Crippen molar-refractivity contribution < 1.29 is 9.15 Å². The van der Waals surface area contributed by atoms with Crippen molar-refractivity contribution in [1.29, 1.82) is 0 Å². The van der Waals surface area contributed by atoms with Gasteiger partial charge in [0, 0.05) is 33.4 Å². The number of furan rings is 1. The standard InChI is InChI=1S/C63H45NO2/c1-39-49-28-24-44(40-14-5-2-6-15-40)33-55(49)50-29-25-43(32-47(50)35-54(39)41-16-7-3-8-17-41)45-27-31-60-56(34-45)63-51(21-13-23-61(63)65-60)48-36-57(42-18-9-4-10-19-42)64-58(37-48)46-26-30-53-52-20-11-12-22-59(52)66-62(53)38-46/h2-34,36-39,52,54,59H,35H2,1H3. The van der Waals surface area contributed by atoms with Gasteiger partial charge in [-0.1, -0.05) is 177 Å². The van der Waals surface area contributed by atoms with Gasteiger partial charge in [-0.05, 0) is 128 Å². The molecule has 10 aromatic rings. The summed E-state index contributed by atoms with van der Waals surface area (Å²) in [7, 11) is 0. The van der Waals surface area contributed by atoms with Crippen molar-refractivity contribution in [3.8, 4) is 72.8 Å². The Morgan fingerprint density at radius 2 is 1.15 bits per heavy atom. The van der Waals surface area contributed by atoms with E-state index < -0.39 is 0 Å². The molecule has 4 atom stereocenters. The summed E-state index contributed by atoms with van der Waals surface area (Å²) in [6.07, 6.45) is 9.55. The van der Waals surface area contributed by atoms with Crippen LogP contribution in [0.3, 0.4) is 0 Å². The second kappa shape index (κ2) is 15.6. The summed E-state index contributed by atoms with van der Waals surface area (Å²) in [5.41, 5.74) is 20.7. The molecule has 0 fully saturated rings. The molecule has 0 amide bonds. The molecule has 2 aliphatic carbocycles. The third-order valence-electron chi connectivity index (χ3n) is 14.4. The highest BCUT2D eigenvalue weighted by Gasteiger charge is 2.33. The lowest BCUT2D eigenvalue weighted by Crippen LogP contribution is -2.15. The number of benzene rings is 8. The van der Waals surface area contributed by atoms with Gasteiger partial charge in [0.15, 0.2) is 0 Å². The van der Waals surface area contributed by atoms with E-state index >= 15 is 0 Å². The maximum atomic E-state index is 6.66. The average molecular weight is 848 g/mol. The van der Waals surface area contributed by atoms with Crippen LogP contribution in [0.1, 0.15) is 46.9 Å². The Balaban J connectivity index is 0.940. The van der Waals surface area contributed by atoms with E-state index in [-0.39, 0.29) is 12.0 Å². The van der Waals surface area contributed by atoms with Crippen LogP contribution in [0.4, 0.5) is 0 Å². The van der Waals surface area contributed by atoms with Crippen LogP contribution in [0.15, 0.2) is 223 Å². The molecule has 3 aliphatic rings. The molecule has 0 bridgehead atoms. The fraction of sp³-hybridized carbons (Fsp3) is 0.0952. The monoisotopic (exact) mass is 847 g/mol. The van der Waals surface area contributed by atoms with E-state index in [2.05, 4.69) is 225 Å². The number of nitrogens with zero attached hydrogens (tertiary/aromatic N) is 1. The van der Waals surface area contributed by atoms with Gasteiger partial charge < -0.3 is 9.15 Å². The molecule has 66 heavy (non-hydrogen) atoms. The third-order valence-corrected chi connectivity index (χ3v) is 14.4. The van der Waals surface area contributed by atoms with Crippen molar-refractivity contribution in [3.63, 3.8) is 0 Å². The normalized spacial score (nSPS) is 18.0. The number of pyridine rings is 1. The Hall–Kier alpha value is -8.01. The summed E-state index contributed by atoms with van der Waals surface area (Å²) in [6.45, 7) is 2.41. The van der Waals surface area contributed by atoms with Crippen LogP contribution in [0.5, 0.6) is 5.75 Å². The van der Waals surface area contributed by atoms with E-state index in [0.29, 0.717) is 11.8 Å². The molecule has 13 rings (SSSR count). The van der Waals surface area contributed by atoms with E-state index in [1.807, 2.05) is 0 Å². The van der Waals surface area contributed by atoms with Crippen LogP contribution in [0.25, 0.3) is 89.0 Å². The molecule has 0 spiro atoms. The van der Waals surface area contributed by atoms with Crippen molar-refractivity contribution in [2.75, 3.05) is 0 Å². The number of ether oxygens (including phenoxy) is 1. The Morgan fingerprint density at radius 1 is 0.470 bits per heavy atom. The maximum absolute atomic E-state index is 6.66. The lowest BCUT2D eigenvalue weighted by atomic mass is 9.80. The molecule has 3 heteroatoms. The van der Waals surface area contributed by atoms with Gasteiger partial charge in [-0.3, -0.25) is 0 Å². The molecule has 1 aliphatic heterocycles. The average Bonchev–Trinajstić information content (AvgIpc) is 3.92. The van der Waals surface area contributed by atoms with E-state index in [9.17, 15) is 0 Å². The van der Waals surface area contributed by atoms with Crippen LogP contribution in [-0.2, 0) is 6.42 Å². The zero-order chi connectivity index (χ0) is 43.7. The number of hydrogen-bond acceptors (Lipinski definition) is 3. The van der Waals surface area contributed by atoms with E-state index in [1.54, 1.807) is 0 Å². The molecule has 2 aromatic heterocycles. The molecule has 3 nitrogen and oxygen atoms in total. The van der Waals surface area contributed by atoms with Gasteiger partial charge in [-0.15, -0.1) is 0 Å². The van der Waals surface area contributed by atoms with Gasteiger partial charge in [0.05, 0.1) is 11.4 Å². The van der Waals surface area contributed by atoms with Crippen LogP contribution in [0.2, 0.25) is 0 Å². The third kappa shape index (κ3) is 6.53. The molecule has 0 N–H and O–H groups in total. The summed E-state index contributed by atoms with van der Waals surface area (Å²) in [6, 6.07) is 70.7. The predicted octanol–water partition coefficient (Wildman–Crippen LogP) is 16.4. The number of aromatic nitrogens is 1. The van der Waals surface area contributed by atoms with Crippen molar-refractivity contribution in [1.82, 2.24) is 4.98 Å². The highest BCUT2D eigenvalue weighted by Crippen LogP contribution is 2.48. The second-order valence-corrected chi connectivity index (χ2v) is 18.2. The summed E-state index contributed by atoms with van der Waals surface area (Å²) in [4.78, 5) is 5.30. The first-order chi connectivity index (χ1) is 32.6. The largest absolute Gasteiger partial charge is 0.485 e. The lowest BCUT2D eigenvalue weighted by Gasteiger charge is -2.24. The lowest BCUT2D eigenvalue weighted by molar-refractivity contribution is 0.269. The molecule has 4 unspecified atom stereocenters. The van der Waals surface area contributed by atoms with Gasteiger partial charge in [0.2, 0.25) is 0 Å². The van der Waals surface area contributed by atoms with Gasteiger partial charge in [0.25, 0.3) is 0 Å². The van der Waals surface area contributed by atoms with Crippen molar-refractivity contribution in [2.24, 2.45) is 0 Å². The van der Waals surface area contributed by atoms with Crippen LogP contribution < -0.4 is 4.74 Å². The Labute approximate surface area is 385 Å². The number of hydrogen-bond donors (Lipinski definition) is 0. The molecule has 314 valence electrons. The molecule has 0 saturated heterocycles. The first-order valence-electron chi connectivity index (χ1n) is 23.2. The predicted molar refractivity (Wildman–Crippen MR) is 271 cm³/mol. The van der Waals surface area contributed by atoms with Crippen LogP contribution >= 0.6 is 0 Å². The van der Waals surface area contributed by atoms with Crippen molar-refractivity contribution in [2.45, 2.75) is 37.2 Å². The number of allylic oxidation sites excluding steroid dienone is 2. The van der Waals surface area contributed by atoms with Crippen molar-refractivity contribution >= 4 is 21.9 Å². The van der Waals surface area contributed by atoms with E-state index in [1.165, 1.54) is 55.6 Å². The van der Waals surface area contributed by atoms with E-state index in [4.69, 9.17) is 14.1 Å². The van der Waals surface area contributed by atoms with Crippen LogP contribution in [-0.4, -0.2) is 11.1 Å². The fourth-order valence-corrected chi connectivity index (χ4v) is 11.0. The SMILES string of the molecule is CC1c2ccc(-c3ccccc3)cc2-c2ccc(-c3ccc4oc5cccc(-c6cc(-c7ccccc7)nc(-c7ccc8c(c7)OC7C=CC=CC87)c6)c5c4c3)cc2CC1c1ccccc1. The minimum atomic E-state index is 0.0295. The Kier molecular flexibility index (Phi) is 9.09. The summed E-state index contributed by atoms with van der Waals surface area (Å²) in [5, 5.41) is 2.19. The van der Waals surface area contributed by atoms with Gasteiger partial charge in [0.1, 0.15) is 23.0 Å². The first kappa shape index (κ1) is 38.4. The summed E-state index contributed by atoms with van der Waals surface area (Å²) < 4.78 is 13.1. The van der Waals surface area contributed by atoms with E-state index in [0.717, 1.165) is 67.8 Å². The highest BCUT2D eigenvalue weighted by molar-refractivity contribution is 6.13. The molecule has 0 saturated carbocycles. The fourth-order valence-electron chi connectivity index (χ4n) is 11.0. The van der Waals surface area contributed by atoms with Crippen LogP contribution in [0, 0.1) is 0 Å². The minimum absolute atomic E-state index is 0.0295. The summed E-state index contributed by atoms with van der Waals surface area (Å²) >= 11 is 0. The number of rotatable bonds is 6. The summed E-state index contributed by atoms with van der Waals surface area (Å²) in [5.74, 6) is 1.83. The minimum Gasteiger partial charge on any atom is -0.485 e. The second-order valence-electron chi connectivity index (χ2n) is 18.2. The Morgan fingerprint density at radius 3 is 1.98 bits per heavy atom. The zero-order valence-electron chi connectivity index (χ0n) is 36.6. The van der Waals surface area contributed by atoms with Crippen molar-refractivity contribution in [3.05, 3.63) is 241 Å². The Bertz CT molecular complexity index is 3560. The molecular formula is C63H45NO2. The molecule has 0 radical (unpaired) electrons. The maximum Gasteiger partial charge on any atom is 0.136 e. The highest BCUT2D eigenvalue weighted by atomic mass is 16.5. The molecule has 8 aromatic carbocycles. The van der Waals surface area contributed by atoms with Gasteiger partial charge in [-0.2, -0.15) is 0 Å². The zero-order valence-corrected chi connectivity index (χ0v) is 36.6. The smallest absolute Gasteiger partial charge is 0.136 e. The molecular weight excluding hydrogens is 803 g/mol. The molecule has 3 heterocycles. The van der Waals surface area contributed by atoms with Gasteiger partial charge in [-0.25, -0.2) is 4.98 Å². The quantitative estimate of drug-likeness (QED) is 0.167. The van der Waals surface area contributed by atoms with Gasteiger partial charge >= 0.3 is 0 Å². The topological polar surface area (TPSA) is 35.3 Å². The first-order valence-corrected chi connectivity index (χ1v) is 23.2. The number of fused-ring (bicyclic) bond motifs is 9.